The second-order valence-corrected chi connectivity index (χ2v) is 6.68. The first-order valence-corrected chi connectivity index (χ1v) is 7.66. The van der Waals surface area contributed by atoms with Gasteiger partial charge < -0.3 is 10.6 Å². The van der Waals surface area contributed by atoms with Crippen molar-refractivity contribution in [2.24, 2.45) is 11.1 Å². The molecule has 3 rings (SSSR count). The molecule has 0 aromatic heterocycles. The number of fused-ring (bicyclic) bond motifs is 1. The Hall–Kier alpha value is -1.35. The molecule has 1 saturated carbocycles. The van der Waals surface area contributed by atoms with Crippen LogP contribution >= 0.6 is 0 Å². The van der Waals surface area contributed by atoms with Crippen LogP contribution in [0.2, 0.25) is 0 Å². The summed E-state index contributed by atoms with van der Waals surface area (Å²) in [4.78, 5) is 13.5. The van der Waals surface area contributed by atoms with E-state index in [9.17, 15) is 4.79 Å². The van der Waals surface area contributed by atoms with Gasteiger partial charge >= 0.3 is 0 Å². The normalized spacial score (nSPS) is 22.8. The van der Waals surface area contributed by atoms with Gasteiger partial charge in [-0.3, -0.25) is 4.79 Å². The van der Waals surface area contributed by atoms with Crippen molar-refractivity contribution < 1.29 is 4.79 Å². The van der Waals surface area contributed by atoms with Crippen LogP contribution in [0.25, 0.3) is 0 Å². The number of anilines is 1. The fraction of sp³-hybridized carbons (Fsp3) is 0.588. The Morgan fingerprint density at radius 1 is 1.25 bits per heavy atom. The fourth-order valence-corrected chi connectivity index (χ4v) is 3.77. The highest BCUT2D eigenvalue weighted by molar-refractivity contribution is 5.95. The van der Waals surface area contributed by atoms with Crippen molar-refractivity contribution in [1.82, 2.24) is 0 Å². The van der Waals surface area contributed by atoms with E-state index < -0.39 is 0 Å². The number of nitrogens with zero attached hydrogens (tertiary/aromatic N) is 1. The number of amides is 1. The SMILES string of the molecule is CN1C(=O)CCc2cc(C(N)C3(C)CCCC3)ccc21. The average molecular weight is 272 g/mol. The highest BCUT2D eigenvalue weighted by Gasteiger charge is 2.36. The van der Waals surface area contributed by atoms with Crippen molar-refractivity contribution in [2.75, 3.05) is 11.9 Å². The van der Waals surface area contributed by atoms with Crippen LogP contribution in [0.3, 0.4) is 0 Å². The van der Waals surface area contributed by atoms with E-state index in [4.69, 9.17) is 5.73 Å². The smallest absolute Gasteiger partial charge is 0.227 e. The summed E-state index contributed by atoms with van der Waals surface area (Å²) in [6, 6.07) is 6.52. The number of benzene rings is 1. The van der Waals surface area contributed by atoms with Gasteiger partial charge in [0.25, 0.3) is 0 Å². The molecule has 0 bridgehead atoms. The maximum Gasteiger partial charge on any atom is 0.227 e. The summed E-state index contributed by atoms with van der Waals surface area (Å²) in [6.45, 7) is 2.32. The zero-order valence-electron chi connectivity index (χ0n) is 12.5. The van der Waals surface area contributed by atoms with E-state index in [1.807, 2.05) is 7.05 Å². The average Bonchev–Trinajstić information content (AvgIpc) is 2.90. The molecule has 1 aromatic rings. The topological polar surface area (TPSA) is 46.3 Å². The highest BCUT2D eigenvalue weighted by atomic mass is 16.2. The first-order chi connectivity index (χ1) is 9.51. The van der Waals surface area contributed by atoms with Crippen LogP contribution < -0.4 is 10.6 Å². The van der Waals surface area contributed by atoms with E-state index in [-0.39, 0.29) is 17.4 Å². The third kappa shape index (κ3) is 2.14. The van der Waals surface area contributed by atoms with Crippen LogP contribution in [-0.4, -0.2) is 13.0 Å². The molecule has 1 aliphatic carbocycles. The minimum atomic E-state index is 0.109. The number of nitrogens with two attached hydrogens (primary N) is 1. The molecule has 1 aliphatic heterocycles. The molecule has 20 heavy (non-hydrogen) atoms. The predicted molar refractivity (Wildman–Crippen MR) is 81.7 cm³/mol. The van der Waals surface area contributed by atoms with Crippen LogP contribution in [0, 0.1) is 5.41 Å². The largest absolute Gasteiger partial charge is 0.323 e. The molecule has 108 valence electrons. The lowest BCUT2D eigenvalue weighted by Gasteiger charge is -2.33. The standard InChI is InChI=1S/C17H24N2O/c1-17(9-3-4-10-17)16(18)13-5-7-14-12(11-13)6-8-15(20)19(14)2/h5,7,11,16H,3-4,6,8-10,18H2,1-2H3. The number of rotatable bonds is 2. The maximum atomic E-state index is 11.7. The second kappa shape index (κ2) is 4.88. The molecule has 1 fully saturated rings. The quantitative estimate of drug-likeness (QED) is 0.898. The molecule has 1 heterocycles. The summed E-state index contributed by atoms with van der Waals surface area (Å²) in [5.41, 5.74) is 10.3. The van der Waals surface area contributed by atoms with Crippen molar-refractivity contribution in [3.8, 4) is 0 Å². The van der Waals surface area contributed by atoms with E-state index >= 15 is 0 Å². The molecule has 3 nitrogen and oxygen atoms in total. The van der Waals surface area contributed by atoms with E-state index in [0.29, 0.717) is 6.42 Å². The summed E-state index contributed by atoms with van der Waals surface area (Å²) in [5, 5.41) is 0. The molecule has 1 aromatic carbocycles. The summed E-state index contributed by atoms with van der Waals surface area (Å²) in [6.07, 6.45) is 6.50. The molecule has 2 N–H and O–H groups in total. The van der Waals surface area contributed by atoms with Gasteiger partial charge in [-0.15, -0.1) is 0 Å². The minimum absolute atomic E-state index is 0.109. The van der Waals surface area contributed by atoms with Crippen molar-refractivity contribution >= 4 is 11.6 Å². The fourth-order valence-electron chi connectivity index (χ4n) is 3.77. The minimum Gasteiger partial charge on any atom is -0.323 e. The molecule has 1 amide bonds. The molecule has 0 spiro atoms. The predicted octanol–water partition coefficient (Wildman–Crippen LogP) is 3.18. The van der Waals surface area contributed by atoms with Crippen LogP contribution in [0.1, 0.15) is 56.2 Å². The molecule has 1 unspecified atom stereocenters. The molecular weight excluding hydrogens is 248 g/mol. The number of carbonyl (C=O) groups is 1. The van der Waals surface area contributed by atoms with Crippen LogP contribution in [0.4, 0.5) is 5.69 Å². The van der Waals surface area contributed by atoms with Crippen molar-refractivity contribution in [2.45, 2.75) is 51.5 Å². The maximum absolute atomic E-state index is 11.7. The van der Waals surface area contributed by atoms with Crippen LogP contribution in [0.5, 0.6) is 0 Å². The third-order valence-electron chi connectivity index (χ3n) is 5.30. The van der Waals surface area contributed by atoms with Gasteiger partial charge in [0.05, 0.1) is 0 Å². The third-order valence-corrected chi connectivity index (χ3v) is 5.30. The lowest BCUT2D eigenvalue weighted by molar-refractivity contribution is -0.118. The Balaban J connectivity index is 1.91. The van der Waals surface area contributed by atoms with E-state index in [2.05, 4.69) is 25.1 Å². The van der Waals surface area contributed by atoms with Gasteiger partial charge in [-0.05, 0) is 41.9 Å². The van der Waals surface area contributed by atoms with Crippen LogP contribution in [0.15, 0.2) is 18.2 Å². The van der Waals surface area contributed by atoms with Gasteiger partial charge in [0, 0.05) is 25.2 Å². The first-order valence-electron chi connectivity index (χ1n) is 7.66. The van der Waals surface area contributed by atoms with Crippen molar-refractivity contribution in [3.63, 3.8) is 0 Å². The monoisotopic (exact) mass is 272 g/mol. The zero-order valence-corrected chi connectivity index (χ0v) is 12.5. The summed E-state index contributed by atoms with van der Waals surface area (Å²) >= 11 is 0. The van der Waals surface area contributed by atoms with E-state index in [1.54, 1.807) is 4.90 Å². The Kier molecular flexibility index (Phi) is 3.33. The number of hydrogen-bond acceptors (Lipinski definition) is 2. The van der Waals surface area contributed by atoms with Gasteiger partial charge in [-0.25, -0.2) is 0 Å². The Morgan fingerprint density at radius 2 is 1.95 bits per heavy atom. The summed E-state index contributed by atoms with van der Waals surface area (Å²) < 4.78 is 0. The Labute approximate surface area is 121 Å². The van der Waals surface area contributed by atoms with Gasteiger partial charge in [-0.2, -0.15) is 0 Å². The lowest BCUT2D eigenvalue weighted by atomic mass is 9.77. The lowest BCUT2D eigenvalue weighted by Crippen LogP contribution is -2.32. The Bertz CT molecular complexity index is 532. The van der Waals surface area contributed by atoms with Gasteiger partial charge in [0.1, 0.15) is 0 Å². The first kappa shape index (κ1) is 13.6. The van der Waals surface area contributed by atoms with E-state index in [0.717, 1.165) is 12.1 Å². The number of hydrogen-bond donors (Lipinski definition) is 1. The zero-order chi connectivity index (χ0) is 14.3. The number of carbonyl (C=O) groups excluding carboxylic acids is 1. The Morgan fingerprint density at radius 3 is 2.65 bits per heavy atom. The highest BCUT2D eigenvalue weighted by Crippen LogP contribution is 2.46. The van der Waals surface area contributed by atoms with Crippen LogP contribution in [-0.2, 0) is 11.2 Å². The second-order valence-electron chi connectivity index (χ2n) is 6.68. The van der Waals surface area contributed by atoms with Crippen molar-refractivity contribution in [3.05, 3.63) is 29.3 Å². The molecule has 3 heteroatoms. The molecular formula is C17H24N2O. The van der Waals surface area contributed by atoms with Gasteiger partial charge in [-0.1, -0.05) is 31.9 Å². The molecule has 2 aliphatic rings. The summed E-state index contributed by atoms with van der Waals surface area (Å²) in [5.74, 6) is 0.206. The molecule has 0 radical (unpaired) electrons. The van der Waals surface area contributed by atoms with E-state index in [1.165, 1.54) is 36.8 Å². The number of aryl methyl sites for hydroxylation is 1. The summed E-state index contributed by atoms with van der Waals surface area (Å²) in [7, 11) is 1.86. The van der Waals surface area contributed by atoms with Gasteiger partial charge in [0.2, 0.25) is 5.91 Å². The molecule has 1 atom stereocenters. The van der Waals surface area contributed by atoms with Gasteiger partial charge in [0.15, 0.2) is 0 Å². The molecule has 0 saturated heterocycles. The van der Waals surface area contributed by atoms with Crippen molar-refractivity contribution in [1.29, 1.82) is 0 Å².